The quantitative estimate of drug-likeness (QED) is 0.782. The molecule has 0 bridgehead atoms. The van der Waals surface area contributed by atoms with Gasteiger partial charge in [-0.3, -0.25) is 4.79 Å². The first kappa shape index (κ1) is 13.3. The number of carbonyl (C=O) groups is 1. The van der Waals surface area contributed by atoms with Gasteiger partial charge in [0.2, 0.25) is 0 Å². The maximum atomic E-state index is 11.4. The zero-order valence-corrected chi connectivity index (χ0v) is 12.4. The Labute approximate surface area is 123 Å². The van der Waals surface area contributed by atoms with E-state index in [-0.39, 0.29) is 5.97 Å². The maximum Gasteiger partial charge on any atom is 0.309 e. The molecule has 0 amide bonds. The van der Waals surface area contributed by atoms with E-state index in [9.17, 15) is 4.79 Å². The molecule has 0 saturated carbocycles. The van der Waals surface area contributed by atoms with Crippen molar-refractivity contribution in [2.24, 2.45) is 0 Å². The molecule has 0 radical (unpaired) electrons. The molecule has 0 spiro atoms. The molecule has 1 aromatic carbocycles. The number of anilines is 1. The number of allylic oxidation sites excluding steroid dienone is 1. The van der Waals surface area contributed by atoms with Crippen molar-refractivity contribution in [1.82, 2.24) is 0 Å². The van der Waals surface area contributed by atoms with Gasteiger partial charge in [0, 0.05) is 11.9 Å². The zero-order chi connectivity index (χ0) is 14.1. The Bertz CT molecular complexity index is 594. The Morgan fingerprint density at radius 3 is 3.00 bits per heavy atom. The molecule has 0 N–H and O–H groups in total. The number of para-hydroxylation sites is 1. The lowest BCUT2D eigenvalue weighted by atomic mass is 9.98. The van der Waals surface area contributed by atoms with Crippen molar-refractivity contribution < 1.29 is 9.53 Å². The summed E-state index contributed by atoms with van der Waals surface area (Å²) >= 11 is 1.88. The highest BCUT2D eigenvalue weighted by molar-refractivity contribution is 8.00. The molecule has 1 aliphatic heterocycles. The van der Waals surface area contributed by atoms with Crippen LogP contribution in [0.25, 0.3) is 0 Å². The molecule has 1 heterocycles. The van der Waals surface area contributed by atoms with E-state index in [0.717, 1.165) is 5.57 Å². The standard InChI is InChI=1S/C16H17NO2S/c1-17-12-5-3-4-6-14(12)20-15-8-7-11(9-13(15)17)10-16(18)19-2/h3-9,13,15H,10H2,1-2H3/t13-,15-/m1/s1. The molecule has 2 aliphatic rings. The van der Waals surface area contributed by atoms with Gasteiger partial charge < -0.3 is 9.64 Å². The van der Waals surface area contributed by atoms with Crippen LogP contribution in [0.1, 0.15) is 6.42 Å². The van der Waals surface area contributed by atoms with Crippen molar-refractivity contribution in [2.75, 3.05) is 19.1 Å². The van der Waals surface area contributed by atoms with Gasteiger partial charge in [0.15, 0.2) is 0 Å². The molecule has 0 unspecified atom stereocenters. The lowest BCUT2D eigenvalue weighted by Gasteiger charge is -2.40. The van der Waals surface area contributed by atoms with Crippen LogP contribution in [0.4, 0.5) is 5.69 Å². The molecule has 0 fully saturated rings. The third-order valence-electron chi connectivity index (χ3n) is 3.75. The fourth-order valence-corrected chi connectivity index (χ4v) is 4.00. The van der Waals surface area contributed by atoms with Gasteiger partial charge in [0.1, 0.15) is 0 Å². The molecule has 3 nitrogen and oxygen atoms in total. The van der Waals surface area contributed by atoms with E-state index in [0.29, 0.717) is 17.7 Å². The van der Waals surface area contributed by atoms with E-state index < -0.39 is 0 Å². The molecule has 1 aliphatic carbocycles. The van der Waals surface area contributed by atoms with Crippen LogP contribution in [0.15, 0.2) is 53.0 Å². The van der Waals surface area contributed by atoms with Gasteiger partial charge in [-0.15, -0.1) is 11.8 Å². The second-order valence-electron chi connectivity index (χ2n) is 5.01. The third kappa shape index (κ3) is 2.36. The number of nitrogens with zero attached hydrogens (tertiary/aromatic N) is 1. The van der Waals surface area contributed by atoms with Crippen molar-refractivity contribution in [3.8, 4) is 0 Å². The number of hydrogen-bond donors (Lipinski definition) is 0. The highest BCUT2D eigenvalue weighted by Gasteiger charge is 2.32. The van der Waals surface area contributed by atoms with E-state index in [1.807, 2.05) is 17.8 Å². The Kier molecular flexibility index (Phi) is 3.57. The first-order chi connectivity index (χ1) is 9.69. The minimum absolute atomic E-state index is 0.189. The zero-order valence-electron chi connectivity index (χ0n) is 11.6. The molecule has 2 atom stereocenters. The Morgan fingerprint density at radius 2 is 2.20 bits per heavy atom. The summed E-state index contributed by atoms with van der Waals surface area (Å²) in [6.45, 7) is 0. The van der Waals surface area contributed by atoms with E-state index >= 15 is 0 Å². The minimum atomic E-state index is -0.189. The van der Waals surface area contributed by atoms with Crippen molar-refractivity contribution >= 4 is 23.4 Å². The summed E-state index contributed by atoms with van der Waals surface area (Å²) < 4.78 is 4.74. The highest BCUT2D eigenvalue weighted by atomic mass is 32.2. The van der Waals surface area contributed by atoms with Gasteiger partial charge >= 0.3 is 5.97 Å². The Morgan fingerprint density at radius 1 is 1.40 bits per heavy atom. The number of hydrogen-bond acceptors (Lipinski definition) is 4. The SMILES string of the molecule is COC(=O)CC1=C[C@@H]2[C@@H](C=C1)Sc1ccccc1N2C. The van der Waals surface area contributed by atoms with Crippen LogP contribution in [0.2, 0.25) is 0 Å². The number of likely N-dealkylation sites (N-methyl/N-ethyl adjacent to an activating group) is 1. The lowest BCUT2D eigenvalue weighted by molar-refractivity contribution is -0.139. The highest BCUT2D eigenvalue weighted by Crippen LogP contribution is 2.43. The molecule has 3 rings (SSSR count). The second-order valence-corrected chi connectivity index (χ2v) is 6.23. The maximum absolute atomic E-state index is 11.4. The first-order valence-corrected chi connectivity index (χ1v) is 7.51. The summed E-state index contributed by atoms with van der Waals surface area (Å²) in [5.41, 5.74) is 2.28. The number of rotatable bonds is 2. The van der Waals surface area contributed by atoms with Crippen LogP contribution >= 0.6 is 11.8 Å². The molecule has 0 saturated heterocycles. The summed E-state index contributed by atoms with van der Waals surface area (Å²) in [7, 11) is 3.54. The van der Waals surface area contributed by atoms with Crippen LogP contribution in [-0.2, 0) is 9.53 Å². The van der Waals surface area contributed by atoms with Crippen LogP contribution in [-0.4, -0.2) is 31.4 Å². The first-order valence-electron chi connectivity index (χ1n) is 6.63. The van der Waals surface area contributed by atoms with E-state index in [1.165, 1.54) is 17.7 Å². The summed E-state index contributed by atoms with van der Waals surface area (Å²) in [4.78, 5) is 15.0. The summed E-state index contributed by atoms with van der Waals surface area (Å²) in [5.74, 6) is -0.189. The predicted octanol–water partition coefficient (Wildman–Crippen LogP) is 3.03. The predicted molar refractivity (Wildman–Crippen MR) is 82.1 cm³/mol. The summed E-state index contributed by atoms with van der Waals surface area (Å²) in [6.07, 6.45) is 6.77. The molecular weight excluding hydrogens is 270 g/mol. The van der Waals surface area contributed by atoms with Crippen LogP contribution in [0.3, 0.4) is 0 Å². The van der Waals surface area contributed by atoms with Crippen molar-refractivity contribution in [2.45, 2.75) is 22.6 Å². The van der Waals surface area contributed by atoms with Crippen LogP contribution < -0.4 is 4.90 Å². The molecule has 104 valence electrons. The van der Waals surface area contributed by atoms with Crippen molar-refractivity contribution in [3.63, 3.8) is 0 Å². The molecule has 1 aromatic rings. The number of thioether (sulfide) groups is 1. The van der Waals surface area contributed by atoms with Gasteiger partial charge in [0.25, 0.3) is 0 Å². The van der Waals surface area contributed by atoms with Crippen LogP contribution in [0.5, 0.6) is 0 Å². The van der Waals surface area contributed by atoms with Gasteiger partial charge in [0.05, 0.1) is 30.5 Å². The fraction of sp³-hybridized carbons (Fsp3) is 0.312. The van der Waals surface area contributed by atoms with Crippen molar-refractivity contribution in [1.29, 1.82) is 0 Å². The smallest absolute Gasteiger partial charge is 0.309 e. The van der Waals surface area contributed by atoms with Crippen molar-refractivity contribution in [3.05, 3.63) is 48.1 Å². The van der Waals surface area contributed by atoms with Gasteiger partial charge in [-0.05, 0) is 17.7 Å². The van der Waals surface area contributed by atoms with Gasteiger partial charge in [-0.2, -0.15) is 0 Å². The second kappa shape index (κ2) is 5.37. The van der Waals surface area contributed by atoms with Gasteiger partial charge in [-0.1, -0.05) is 30.4 Å². The normalized spacial score (nSPS) is 23.7. The molecule has 0 aromatic heterocycles. The number of methoxy groups -OCH3 is 1. The minimum Gasteiger partial charge on any atom is -0.469 e. The number of esters is 1. The molecule has 4 heteroatoms. The lowest BCUT2D eigenvalue weighted by Crippen LogP contribution is -2.42. The Balaban J connectivity index is 1.87. The molecular formula is C16H17NO2S. The van der Waals surface area contributed by atoms with E-state index in [4.69, 9.17) is 4.74 Å². The number of carbonyl (C=O) groups excluding carboxylic acids is 1. The summed E-state index contributed by atoms with van der Waals surface area (Å²) in [5, 5.41) is 0.399. The average Bonchev–Trinajstić information content (AvgIpc) is 2.48. The molecule has 20 heavy (non-hydrogen) atoms. The number of ether oxygens (including phenoxy) is 1. The number of benzene rings is 1. The summed E-state index contributed by atoms with van der Waals surface area (Å²) in [6, 6.07) is 8.73. The van der Waals surface area contributed by atoms with Gasteiger partial charge in [-0.25, -0.2) is 0 Å². The third-order valence-corrected chi connectivity index (χ3v) is 5.06. The topological polar surface area (TPSA) is 29.5 Å². The average molecular weight is 287 g/mol. The van der Waals surface area contributed by atoms with Crippen LogP contribution in [0, 0.1) is 0 Å². The largest absolute Gasteiger partial charge is 0.469 e. The fourth-order valence-electron chi connectivity index (χ4n) is 2.66. The Hall–Kier alpha value is -1.68. The van der Waals surface area contributed by atoms with E-state index in [2.05, 4.69) is 48.4 Å². The number of fused-ring (bicyclic) bond motifs is 2. The van der Waals surface area contributed by atoms with E-state index in [1.54, 1.807) is 0 Å². The monoisotopic (exact) mass is 287 g/mol.